The highest BCUT2D eigenvalue weighted by atomic mass is 32.2. The SMILES string of the molecule is CO[C@]1(c2ccccc2)C[C@@H](C(=O)Nc2cc([C@](CCC3CC3)(N[S@@+]([O-])C(C)(C)C)c3ccccn3)ccc2F)N(C(=O)OC(C)(C)C)C1. The van der Waals surface area contributed by atoms with Gasteiger partial charge in [0.25, 0.3) is 0 Å². The van der Waals surface area contributed by atoms with Crippen LogP contribution in [-0.2, 0) is 36.8 Å². The summed E-state index contributed by atoms with van der Waals surface area (Å²) in [4.78, 5) is 33.8. The third kappa shape index (κ3) is 8.45. The second-order valence-electron chi connectivity index (χ2n) is 15.2. The van der Waals surface area contributed by atoms with E-state index in [2.05, 4.69) is 10.0 Å². The normalized spacial score (nSPS) is 21.6. The molecule has 2 heterocycles. The van der Waals surface area contributed by atoms with Gasteiger partial charge in [-0.25, -0.2) is 9.18 Å². The van der Waals surface area contributed by atoms with Gasteiger partial charge in [-0.15, -0.1) is 4.72 Å². The highest BCUT2D eigenvalue weighted by Gasteiger charge is 2.52. The Morgan fingerprint density at radius 3 is 2.33 bits per heavy atom. The van der Waals surface area contributed by atoms with E-state index in [0.717, 1.165) is 24.8 Å². The van der Waals surface area contributed by atoms with Gasteiger partial charge in [-0.3, -0.25) is 14.7 Å². The molecule has 9 nitrogen and oxygen atoms in total. The van der Waals surface area contributed by atoms with Crippen LogP contribution in [0.15, 0.2) is 72.9 Å². The van der Waals surface area contributed by atoms with Crippen molar-refractivity contribution in [3.63, 3.8) is 0 Å². The van der Waals surface area contributed by atoms with E-state index in [1.807, 2.05) is 69.3 Å². The summed E-state index contributed by atoms with van der Waals surface area (Å²) in [7, 11) is 1.55. The zero-order valence-corrected chi connectivity index (χ0v) is 30.4. The molecule has 2 aliphatic rings. The van der Waals surface area contributed by atoms with Gasteiger partial charge in [0, 0.05) is 31.1 Å². The summed E-state index contributed by atoms with van der Waals surface area (Å²) in [5, 5.41) is 2.79. The largest absolute Gasteiger partial charge is 0.598 e. The molecule has 49 heavy (non-hydrogen) atoms. The van der Waals surface area contributed by atoms with Gasteiger partial charge in [0.2, 0.25) is 5.91 Å². The fourth-order valence-corrected chi connectivity index (χ4v) is 7.22. The zero-order valence-electron chi connectivity index (χ0n) is 29.5. The highest BCUT2D eigenvalue weighted by Crippen LogP contribution is 2.43. The fraction of sp³-hybridized carbons (Fsp3) is 0.500. The Hall–Kier alpha value is -3.51. The Kier molecular flexibility index (Phi) is 10.8. The lowest BCUT2D eigenvalue weighted by molar-refractivity contribution is -0.120. The van der Waals surface area contributed by atoms with E-state index in [4.69, 9.17) is 14.5 Å². The first-order valence-electron chi connectivity index (χ1n) is 16.9. The predicted octanol–water partition coefficient (Wildman–Crippen LogP) is 7.20. The Balaban J connectivity index is 1.53. The number of carbonyl (C=O) groups is 2. The molecule has 0 radical (unpaired) electrons. The number of pyridine rings is 1. The average molecular weight is 693 g/mol. The second kappa shape index (κ2) is 14.4. The van der Waals surface area contributed by atoms with E-state index in [9.17, 15) is 14.1 Å². The van der Waals surface area contributed by atoms with Crippen LogP contribution in [0, 0.1) is 11.7 Å². The smallest absolute Gasteiger partial charge is 0.411 e. The molecule has 2 fully saturated rings. The molecule has 11 heteroatoms. The van der Waals surface area contributed by atoms with Crippen molar-refractivity contribution in [3.8, 4) is 0 Å². The van der Waals surface area contributed by atoms with E-state index >= 15 is 4.39 Å². The summed E-state index contributed by atoms with van der Waals surface area (Å²) in [5.41, 5.74) is -0.815. The third-order valence-electron chi connectivity index (χ3n) is 9.21. The quantitative estimate of drug-likeness (QED) is 0.204. The summed E-state index contributed by atoms with van der Waals surface area (Å²) in [6.45, 7) is 11.0. The van der Waals surface area contributed by atoms with Crippen LogP contribution in [0.1, 0.15) is 90.5 Å². The number of nitrogens with zero attached hydrogens (tertiary/aromatic N) is 2. The first-order chi connectivity index (χ1) is 23.1. The third-order valence-corrected chi connectivity index (χ3v) is 10.9. The van der Waals surface area contributed by atoms with Crippen LogP contribution in [0.3, 0.4) is 0 Å². The number of aromatic nitrogens is 1. The zero-order chi connectivity index (χ0) is 35.6. The number of carbonyl (C=O) groups excluding carboxylic acids is 2. The Morgan fingerprint density at radius 1 is 1.04 bits per heavy atom. The number of rotatable bonds is 11. The number of hydrogen-bond donors (Lipinski definition) is 2. The molecule has 1 saturated heterocycles. The molecule has 1 aliphatic heterocycles. The molecule has 1 aromatic heterocycles. The minimum atomic E-state index is -1.52. The van der Waals surface area contributed by atoms with Crippen molar-refractivity contribution in [1.29, 1.82) is 0 Å². The van der Waals surface area contributed by atoms with E-state index < -0.39 is 56.7 Å². The maximum absolute atomic E-state index is 15.7. The van der Waals surface area contributed by atoms with Crippen LogP contribution in [-0.4, -0.2) is 56.5 Å². The van der Waals surface area contributed by atoms with Gasteiger partial charge in [0.05, 0.1) is 17.9 Å². The van der Waals surface area contributed by atoms with Crippen molar-refractivity contribution in [2.45, 2.75) is 101 Å². The molecule has 2 N–H and O–H groups in total. The molecule has 0 bridgehead atoms. The number of likely N-dealkylation sites (tertiary alicyclic amines) is 1. The minimum absolute atomic E-state index is 0.0589. The monoisotopic (exact) mass is 692 g/mol. The lowest BCUT2D eigenvalue weighted by Gasteiger charge is -2.38. The molecule has 2 amide bonds. The molecular formula is C38H49FN4O5S. The number of hydrogen-bond acceptors (Lipinski definition) is 7. The van der Waals surface area contributed by atoms with Crippen LogP contribution in [0.4, 0.5) is 14.9 Å². The van der Waals surface area contributed by atoms with Gasteiger partial charge in [0.15, 0.2) is 0 Å². The van der Waals surface area contributed by atoms with Gasteiger partial charge in [-0.05, 0) is 95.7 Å². The number of halogens is 1. The van der Waals surface area contributed by atoms with E-state index in [1.165, 1.54) is 11.0 Å². The van der Waals surface area contributed by atoms with Crippen LogP contribution >= 0.6 is 0 Å². The number of nitrogens with one attached hydrogen (secondary N) is 2. The summed E-state index contributed by atoms with van der Waals surface area (Å²) in [5.74, 6) is -0.669. The highest BCUT2D eigenvalue weighted by molar-refractivity contribution is 7.90. The Labute approximate surface area is 292 Å². The molecular weight excluding hydrogens is 644 g/mol. The topological polar surface area (TPSA) is 116 Å². The number of anilines is 1. The molecule has 1 aliphatic carbocycles. The lowest BCUT2D eigenvalue weighted by Crippen LogP contribution is -2.52. The summed E-state index contributed by atoms with van der Waals surface area (Å²) in [6.07, 6.45) is 4.84. The van der Waals surface area contributed by atoms with E-state index in [1.54, 1.807) is 46.2 Å². The van der Waals surface area contributed by atoms with Gasteiger partial charge in [-0.2, -0.15) is 0 Å². The summed E-state index contributed by atoms with van der Waals surface area (Å²) in [6, 6.07) is 18.5. The number of benzene rings is 2. The van der Waals surface area contributed by atoms with E-state index in [-0.39, 0.29) is 18.7 Å². The van der Waals surface area contributed by atoms with Crippen molar-refractivity contribution in [2.75, 3.05) is 19.0 Å². The standard InChI is InChI=1S/C38H49FN4O5S/c1-35(2,3)48-34(45)43-25-37(47-7,27-13-9-8-10-14-27)24-31(43)33(44)41-30-23-28(18-19-29(30)39)38(21-20-26-16-17-26,32-15-11-12-22-40-32)42-49(46)36(4,5)6/h8-15,18-19,22-23,26,31,42H,16-17,20-21,24-25H2,1-7H3,(H,41,44)/t31-,37+,38-,49-/m0/s1. The average Bonchev–Trinajstić information content (AvgIpc) is 3.80. The van der Waals surface area contributed by atoms with Gasteiger partial charge >= 0.3 is 6.09 Å². The molecule has 3 aromatic rings. The van der Waals surface area contributed by atoms with Crippen LogP contribution in [0.2, 0.25) is 0 Å². The molecule has 5 rings (SSSR count). The molecule has 0 spiro atoms. The molecule has 0 unspecified atom stereocenters. The van der Waals surface area contributed by atoms with Crippen LogP contribution in [0.25, 0.3) is 0 Å². The summed E-state index contributed by atoms with van der Waals surface area (Å²) < 4.78 is 44.0. The maximum Gasteiger partial charge on any atom is 0.411 e. The van der Waals surface area contributed by atoms with Crippen molar-refractivity contribution >= 4 is 29.0 Å². The summed E-state index contributed by atoms with van der Waals surface area (Å²) >= 11 is -1.52. The predicted molar refractivity (Wildman–Crippen MR) is 190 cm³/mol. The van der Waals surface area contributed by atoms with Crippen molar-refractivity contribution in [1.82, 2.24) is 14.6 Å². The molecule has 264 valence electrons. The number of amides is 2. The lowest BCUT2D eigenvalue weighted by atomic mass is 9.82. The number of ether oxygens (including phenoxy) is 2. The molecule has 4 atom stereocenters. The minimum Gasteiger partial charge on any atom is -0.598 e. The van der Waals surface area contributed by atoms with E-state index in [0.29, 0.717) is 23.6 Å². The number of methoxy groups -OCH3 is 1. The molecule has 1 saturated carbocycles. The second-order valence-corrected chi connectivity index (χ2v) is 17.1. The Bertz CT molecular complexity index is 1610. The Morgan fingerprint density at radius 2 is 1.73 bits per heavy atom. The first-order valence-corrected chi connectivity index (χ1v) is 18.0. The van der Waals surface area contributed by atoms with Crippen LogP contribution in [0.5, 0.6) is 0 Å². The van der Waals surface area contributed by atoms with Gasteiger partial charge < -0.3 is 19.3 Å². The fourth-order valence-electron chi connectivity index (χ4n) is 6.27. The van der Waals surface area contributed by atoms with Gasteiger partial charge in [0.1, 0.15) is 33.3 Å². The van der Waals surface area contributed by atoms with Crippen molar-refractivity contribution in [3.05, 3.63) is 95.6 Å². The van der Waals surface area contributed by atoms with Crippen molar-refractivity contribution < 1.29 is 28.0 Å². The first kappa shape index (κ1) is 36.8. The maximum atomic E-state index is 15.7. The van der Waals surface area contributed by atoms with Crippen LogP contribution < -0.4 is 10.0 Å². The van der Waals surface area contributed by atoms with Gasteiger partial charge in [-0.1, -0.05) is 55.3 Å². The van der Waals surface area contributed by atoms with Crippen molar-refractivity contribution in [2.24, 2.45) is 5.92 Å². The molecule has 2 aromatic carbocycles.